The van der Waals surface area contributed by atoms with Gasteiger partial charge in [0, 0.05) is 11.6 Å². The molecule has 0 bridgehead atoms. The predicted molar refractivity (Wildman–Crippen MR) is 87.3 cm³/mol. The molecule has 0 radical (unpaired) electrons. The summed E-state index contributed by atoms with van der Waals surface area (Å²) >= 11 is 0. The molecule has 0 aliphatic carbocycles. The lowest BCUT2D eigenvalue weighted by atomic mass is 10.1. The molecule has 1 aromatic carbocycles. The number of hydrogen-bond donors (Lipinski definition) is 1. The molecule has 0 spiro atoms. The van der Waals surface area contributed by atoms with Crippen molar-refractivity contribution >= 4 is 27.2 Å². The van der Waals surface area contributed by atoms with E-state index in [2.05, 4.69) is 4.98 Å². The molecule has 6 nitrogen and oxygen atoms in total. The maximum atomic E-state index is 12.6. The van der Waals surface area contributed by atoms with E-state index >= 15 is 0 Å². The summed E-state index contributed by atoms with van der Waals surface area (Å²) in [5.74, 6) is -0.272. The van der Waals surface area contributed by atoms with Crippen molar-refractivity contribution in [1.29, 1.82) is 0 Å². The van der Waals surface area contributed by atoms with Gasteiger partial charge in [0.1, 0.15) is 0 Å². The van der Waals surface area contributed by atoms with Crippen LogP contribution in [-0.4, -0.2) is 35.5 Å². The van der Waals surface area contributed by atoms with Crippen molar-refractivity contribution in [1.82, 2.24) is 10.0 Å². The Hall–Kier alpha value is -1.99. The number of amides is 1. The van der Waals surface area contributed by atoms with Crippen LogP contribution in [0.4, 0.5) is 0 Å². The van der Waals surface area contributed by atoms with Gasteiger partial charge in [-0.15, -0.1) is 0 Å². The number of pyridine rings is 1. The topological polar surface area (TPSA) is 87.6 Å². The van der Waals surface area contributed by atoms with Crippen molar-refractivity contribution in [2.24, 2.45) is 5.92 Å². The standard InChI is InChI=1S/C16H20N2O4S/c1-12(2)7-16(18(20)11-19)23(21,22)10-13-8-14-5-3-4-6-15(14)17-9-13/h3-6,8-9,11-12,16,20H,7,10H2,1-2H3. The average Bonchev–Trinajstić information content (AvgIpc) is 2.51. The van der Waals surface area contributed by atoms with Gasteiger partial charge in [-0.2, -0.15) is 0 Å². The largest absolute Gasteiger partial charge is 0.285 e. The molecule has 1 atom stereocenters. The minimum absolute atomic E-state index is 0.0131. The van der Waals surface area contributed by atoms with E-state index < -0.39 is 15.2 Å². The molecule has 124 valence electrons. The molecular formula is C16H20N2O4S. The number of rotatable bonds is 7. The van der Waals surface area contributed by atoms with E-state index in [0.717, 1.165) is 10.9 Å². The maximum absolute atomic E-state index is 12.6. The Bertz CT molecular complexity index is 790. The molecule has 2 rings (SSSR count). The number of aromatic nitrogens is 1. The van der Waals surface area contributed by atoms with Gasteiger partial charge in [0.05, 0.1) is 11.3 Å². The highest BCUT2D eigenvalue weighted by molar-refractivity contribution is 7.91. The van der Waals surface area contributed by atoms with Gasteiger partial charge in [0.25, 0.3) is 0 Å². The van der Waals surface area contributed by atoms with Crippen LogP contribution in [0, 0.1) is 5.92 Å². The molecule has 0 saturated carbocycles. The summed E-state index contributed by atoms with van der Waals surface area (Å²) in [6.07, 6.45) is 1.80. The fourth-order valence-corrected chi connectivity index (χ4v) is 4.29. The zero-order chi connectivity index (χ0) is 17.0. The van der Waals surface area contributed by atoms with Crippen LogP contribution in [0.3, 0.4) is 0 Å². The lowest BCUT2D eigenvalue weighted by Gasteiger charge is -2.24. The van der Waals surface area contributed by atoms with E-state index in [1.54, 1.807) is 6.07 Å². The number of fused-ring (bicyclic) bond motifs is 1. The van der Waals surface area contributed by atoms with Gasteiger partial charge < -0.3 is 0 Å². The Morgan fingerprint density at radius 3 is 2.65 bits per heavy atom. The van der Waals surface area contributed by atoms with Crippen molar-refractivity contribution in [3.63, 3.8) is 0 Å². The fourth-order valence-electron chi connectivity index (χ4n) is 2.41. The molecule has 0 saturated heterocycles. The fraction of sp³-hybridized carbons (Fsp3) is 0.375. The second-order valence-corrected chi connectivity index (χ2v) is 8.07. The van der Waals surface area contributed by atoms with E-state index in [1.165, 1.54) is 6.20 Å². The Balaban J connectivity index is 2.31. The maximum Gasteiger partial charge on any atom is 0.234 e. The second kappa shape index (κ2) is 7.06. The van der Waals surface area contributed by atoms with E-state index in [-0.39, 0.29) is 29.6 Å². The third-order valence-corrected chi connectivity index (χ3v) is 5.48. The highest BCUT2D eigenvalue weighted by Gasteiger charge is 2.31. The molecule has 1 unspecified atom stereocenters. The van der Waals surface area contributed by atoms with Crippen molar-refractivity contribution < 1.29 is 18.4 Å². The van der Waals surface area contributed by atoms with Gasteiger partial charge in [-0.05, 0) is 30.0 Å². The van der Waals surface area contributed by atoms with Gasteiger partial charge in [0.2, 0.25) is 6.41 Å². The van der Waals surface area contributed by atoms with E-state index in [4.69, 9.17) is 0 Å². The molecule has 1 amide bonds. The summed E-state index contributed by atoms with van der Waals surface area (Å²) in [6, 6.07) is 9.17. The van der Waals surface area contributed by atoms with Crippen molar-refractivity contribution in [2.45, 2.75) is 31.4 Å². The van der Waals surface area contributed by atoms with Crippen LogP contribution >= 0.6 is 0 Å². The molecule has 2 aromatic rings. The summed E-state index contributed by atoms with van der Waals surface area (Å²) in [7, 11) is -3.75. The van der Waals surface area contributed by atoms with Gasteiger partial charge in [0.15, 0.2) is 15.2 Å². The molecule has 0 aliphatic heterocycles. The first kappa shape index (κ1) is 17.4. The molecule has 0 aliphatic rings. The number of benzene rings is 1. The number of carbonyl (C=O) groups is 1. The summed E-state index contributed by atoms with van der Waals surface area (Å²) in [6.45, 7) is 3.66. The molecule has 7 heteroatoms. The highest BCUT2D eigenvalue weighted by Crippen LogP contribution is 2.21. The minimum Gasteiger partial charge on any atom is -0.285 e. The first-order valence-electron chi connectivity index (χ1n) is 7.31. The van der Waals surface area contributed by atoms with Crippen LogP contribution < -0.4 is 0 Å². The molecule has 23 heavy (non-hydrogen) atoms. The number of sulfone groups is 1. The van der Waals surface area contributed by atoms with Crippen LogP contribution in [0.1, 0.15) is 25.8 Å². The van der Waals surface area contributed by atoms with Crippen LogP contribution in [0.2, 0.25) is 0 Å². The van der Waals surface area contributed by atoms with Gasteiger partial charge in [-0.1, -0.05) is 32.0 Å². The van der Waals surface area contributed by atoms with Crippen LogP contribution in [0.25, 0.3) is 10.9 Å². The van der Waals surface area contributed by atoms with E-state index in [0.29, 0.717) is 5.56 Å². The van der Waals surface area contributed by atoms with Crippen LogP contribution in [-0.2, 0) is 20.4 Å². The third kappa shape index (κ3) is 4.27. The predicted octanol–water partition coefficient (Wildman–Crippen LogP) is 2.37. The average molecular weight is 336 g/mol. The molecule has 1 heterocycles. The van der Waals surface area contributed by atoms with Crippen molar-refractivity contribution in [3.8, 4) is 0 Å². The lowest BCUT2D eigenvalue weighted by molar-refractivity contribution is -0.154. The Kier molecular flexibility index (Phi) is 5.33. The van der Waals surface area contributed by atoms with Crippen molar-refractivity contribution in [2.75, 3.05) is 0 Å². The molecular weight excluding hydrogens is 316 g/mol. The zero-order valence-electron chi connectivity index (χ0n) is 13.1. The number of nitrogens with zero attached hydrogens (tertiary/aromatic N) is 2. The van der Waals surface area contributed by atoms with Gasteiger partial charge in [-0.3, -0.25) is 15.0 Å². The monoisotopic (exact) mass is 336 g/mol. The third-order valence-electron chi connectivity index (χ3n) is 3.51. The smallest absolute Gasteiger partial charge is 0.234 e. The first-order chi connectivity index (χ1) is 10.8. The normalized spacial score (nSPS) is 13.2. The quantitative estimate of drug-likeness (QED) is 0.476. The second-order valence-electron chi connectivity index (χ2n) is 5.91. The number of hydrogen-bond acceptors (Lipinski definition) is 5. The van der Waals surface area contributed by atoms with Crippen LogP contribution in [0.5, 0.6) is 0 Å². The summed E-state index contributed by atoms with van der Waals surface area (Å²) in [5.41, 5.74) is 1.31. The molecule has 1 aromatic heterocycles. The minimum atomic E-state index is -3.75. The Morgan fingerprint density at radius 1 is 1.30 bits per heavy atom. The van der Waals surface area contributed by atoms with Gasteiger partial charge >= 0.3 is 0 Å². The van der Waals surface area contributed by atoms with E-state index in [1.807, 2.05) is 38.1 Å². The van der Waals surface area contributed by atoms with Crippen molar-refractivity contribution in [3.05, 3.63) is 42.1 Å². The number of para-hydroxylation sites is 1. The van der Waals surface area contributed by atoms with E-state index in [9.17, 15) is 18.4 Å². The molecule has 0 fully saturated rings. The van der Waals surface area contributed by atoms with Gasteiger partial charge in [-0.25, -0.2) is 13.5 Å². The molecule has 1 N–H and O–H groups in total. The highest BCUT2D eigenvalue weighted by atomic mass is 32.2. The Morgan fingerprint density at radius 2 is 2.00 bits per heavy atom. The zero-order valence-corrected chi connectivity index (χ0v) is 13.9. The lowest BCUT2D eigenvalue weighted by Crippen LogP contribution is -2.39. The number of carbonyl (C=O) groups excluding carboxylic acids is 1. The Labute approximate surface area is 135 Å². The summed E-state index contributed by atoms with van der Waals surface area (Å²) < 4.78 is 25.2. The summed E-state index contributed by atoms with van der Waals surface area (Å²) in [5, 5.41) is 9.45. The first-order valence-corrected chi connectivity index (χ1v) is 9.03. The number of hydroxylamine groups is 2. The van der Waals surface area contributed by atoms with Crippen LogP contribution in [0.15, 0.2) is 36.5 Å². The SMILES string of the molecule is CC(C)CC(N(O)C=O)S(=O)(=O)Cc1cnc2ccccc2c1. The summed E-state index contributed by atoms with van der Waals surface area (Å²) in [4.78, 5) is 15.0.